The second-order valence-electron chi connectivity index (χ2n) is 6.59. The molecular weight excluding hydrogens is 374 g/mol. The number of aromatic amines is 1. The molecule has 0 bridgehead atoms. The quantitative estimate of drug-likeness (QED) is 0.473. The number of benzene rings is 2. The summed E-state index contributed by atoms with van der Waals surface area (Å²) >= 11 is 5.13. The first-order valence-electron chi connectivity index (χ1n) is 9.15. The minimum atomic E-state index is -0.196. The van der Waals surface area contributed by atoms with Gasteiger partial charge in [-0.15, -0.1) is 0 Å². The predicted molar refractivity (Wildman–Crippen MR) is 112 cm³/mol. The molecule has 0 aliphatic carbocycles. The van der Waals surface area contributed by atoms with Crippen LogP contribution in [0.1, 0.15) is 35.4 Å². The standard InChI is InChI=1S/C21H23N3O3S/c1-14(15-7-4-3-5-8-15)27-12-6-11-22-19(25)16-9-10-17-18(13-16)23-21(28)24(2)20(17)26/h3-5,7-10,13-14H,6,11-12H2,1-2H3,(H,22,25)(H,23,28). The molecule has 146 valence electrons. The number of aromatic nitrogens is 2. The van der Waals surface area contributed by atoms with Crippen LogP contribution in [0.3, 0.4) is 0 Å². The van der Waals surface area contributed by atoms with Crippen molar-refractivity contribution in [1.82, 2.24) is 14.9 Å². The molecule has 0 aliphatic rings. The van der Waals surface area contributed by atoms with Crippen LogP contribution in [0, 0.1) is 4.77 Å². The number of ether oxygens (including phenoxy) is 1. The van der Waals surface area contributed by atoms with Gasteiger partial charge in [0.15, 0.2) is 4.77 Å². The van der Waals surface area contributed by atoms with E-state index in [9.17, 15) is 9.59 Å². The third-order valence-electron chi connectivity index (χ3n) is 4.61. The van der Waals surface area contributed by atoms with Gasteiger partial charge in [0.25, 0.3) is 11.5 Å². The van der Waals surface area contributed by atoms with E-state index in [1.807, 2.05) is 37.3 Å². The van der Waals surface area contributed by atoms with Crippen LogP contribution in [0.15, 0.2) is 53.3 Å². The number of rotatable bonds is 7. The molecule has 1 amide bonds. The van der Waals surface area contributed by atoms with E-state index in [0.717, 1.165) is 5.56 Å². The average Bonchev–Trinajstić information content (AvgIpc) is 2.71. The number of nitrogens with one attached hydrogen (secondary N) is 2. The molecule has 0 aliphatic heterocycles. The third kappa shape index (κ3) is 4.55. The van der Waals surface area contributed by atoms with Crippen molar-refractivity contribution in [2.45, 2.75) is 19.4 Å². The fourth-order valence-corrected chi connectivity index (χ4v) is 3.10. The van der Waals surface area contributed by atoms with Gasteiger partial charge in [-0.1, -0.05) is 30.3 Å². The highest BCUT2D eigenvalue weighted by atomic mass is 32.1. The van der Waals surface area contributed by atoms with Gasteiger partial charge in [0.05, 0.1) is 17.0 Å². The molecule has 3 aromatic rings. The SMILES string of the molecule is CC(OCCCNC(=O)c1ccc2c(=O)n(C)c(=S)[nH]c2c1)c1ccccc1. The van der Waals surface area contributed by atoms with Crippen molar-refractivity contribution in [3.05, 3.63) is 74.8 Å². The molecule has 1 aromatic heterocycles. The van der Waals surface area contributed by atoms with Crippen LogP contribution in [0.5, 0.6) is 0 Å². The van der Waals surface area contributed by atoms with Crippen LogP contribution in [-0.4, -0.2) is 28.6 Å². The zero-order chi connectivity index (χ0) is 20.1. The highest BCUT2D eigenvalue weighted by Crippen LogP contribution is 2.15. The summed E-state index contributed by atoms with van der Waals surface area (Å²) in [4.78, 5) is 27.5. The van der Waals surface area contributed by atoms with Crippen molar-refractivity contribution < 1.29 is 9.53 Å². The Kier molecular flexibility index (Phi) is 6.38. The summed E-state index contributed by atoms with van der Waals surface area (Å²) in [7, 11) is 1.61. The monoisotopic (exact) mass is 397 g/mol. The molecule has 0 saturated carbocycles. The maximum absolute atomic E-state index is 12.4. The van der Waals surface area contributed by atoms with Crippen molar-refractivity contribution in [3.8, 4) is 0 Å². The van der Waals surface area contributed by atoms with E-state index >= 15 is 0 Å². The second-order valence-corrected chi connectivity index (χ2v) is 6.97. The Morgan fingerprint density at radius 2 is 2.00 bits per heavy atom. The maximum atomic E-state index is 12.4. The van der Waals surface area contributed by atoms with Crippen molar-refractivity contribution in [2.24, 2.45) is 7.05 Å². The number of fused-ring (bicyclic) bond motifs is 1. The molecule has 7 heteroatoms. The maximum Gasteiger partial charge on any atom is 0.261 e. The van der Waals surface area contributed by atoms with Crippen LogP contribution in [0.4, 0.5) is 0 Å². The summed E-state index contributed by atoms with van der Waals surface area (Å²) in [5.41, 5.74) is 1.98. The van der Waals surface area contributed by atoms with E-state index in [2.05, 4.69) is 10.3 Å². The summed E-state index contributed by atoms with van der Waals surface area (Å²) in [6, 6.07) is 14.9. The Bertz CT molecular complexity index is 1090. The molecule has 1 unspecified atom stereocenters. The molecule has 3 rings (SSSR count). The Morgan fingerprint density at radius 1 is 1.25 bits per heavy atom. The Labute approximate surface area is 168 Å². The molecule has 0 spiro atoms. The largest absolute Gasteiger partial charge is 0.374 e. The Morgan fingerprint density at radius 3 is 2.75 bits per heavy atom. The van der Waals surface area contributed by atoms with Gasteiger partial charge >= 0.3 is 0 Å². The fraction of sp³-hybridized carbons (Fsp3) is 0.286. The van der Waals surface area contributed by atoms with Gasteiger partial charge in [0.2, 0.25) is 0 Å². The number of H-pyrrole nitrogens is 1. The number of carbonyl (C=O) groups excluding carboxylic acids is 1. The van der Waals surface area contributed by atoms with E-state index < -0.39 is 0 Å². The molecule has 0 radical (unpaired) electrons. The van der Waals surface area contributed by atoms with Gasteiger partial charge in [0, 0.05) is 25.8 Å². The van der Waals surface area contributed by atoms with E-state index in [1.54, 1.807) is 25.2 Å². The average molecular weight is 398 g/mol. The number of hydrogen-bond acceptors (Lipinski definition) is 4. The molecule has 1 heterocycles. The highest BCUT2D eigenvalue weighted by Gasteiger charge is 2.09. The zero-order valence-corrected chi connectivity index (χ0v) is 16.7. The third-order valence-corrected chi connectivity index (χ3v) is 4.98. The molecule has 1 atom stereocenters. The number of nitrogens with zero attached hydrogens (tertiary/aromatic N) is 1. The van der Waals surface area contributed by atoms with E-state index in [1.165, 1.54) is 4.57 Å². The van der Waals surface area contributed by atoms with Gasteiger partial charge in [-0.2, -0.15) is 0 Å². The van der Waals surface area contributed by atoms with Crippen LogP contribution >= 0.6 is 12.2 Å². The van der Waals surface area contributed by atoms with Crippen LogP contribution in [0.25, 0.3) is 10.9 Å². The van der Waals surface area contributed by atoms with Crippen molar-refractivity contribution in [3.63, 3.8) is 0 Å². The Hall–Kier alpha value is -2.77. The smallest absolute Gasteiger partial charge is 0.261 e. The lowest BCUT2D eigenvalue weighted by Crippen LogP contribution is -2.25. The van der Waals surface area contributed by atoms with Crippen molar-refractivity contribution in [2.75, 3.05) is 13.2 Å². The van der Waals surface area contributed by atoms with Gasteiger partial charge in [-0.05, 0) is 49.3 Å². The number of hydrogen-bond donors (Lipinski definition) is 2. The minimum Gasteiger partial charge on any atom is -0.374 e. The molecule has 28 heavy (non-hydrogen) atoms. The van der Waals surface area contributed by atoms with Crippen LogP contribution in [-0.2, 0) is 11.8 Å². The first-order chi connectivity index (χ1) is 13.5. The predicted octanol–water partition coefficient (Wildman–Crippen LogP) is 3.49. The second kappa shape index (κ2) is 8.95. The zero-order valence-electron chi connectivity index (χ0n) is 15.9. The molecule has 0 fully saturated rings. The summed E-state index contributed by atoms with van der Waals surface area (Å²) in [5.74, 6) is -0.196. The normalized spacial score (nSPS) is 12.1. The van der Waals surface area contributed by atoms with E-state index in [-0.39, 0.29) is 17.6 Å². The Balaban J connectivity index is 1.53. The summed E-state index contributed by atoms with van der Waals surface area (Å²) in [5, 5.41) is 3.37. The molecule has 6 nitrogen and oxygen atoms in total. The molecular formula is C21H23N3O3S. The fourth-order valence-electron chi connectivity index (χ4n) is 2.90. The van der Waals surface area contributed by atoms with Crippen LogP contribution in [0.2, 0.25) is 0 Å². The van der Waals surface area contributed by atoms with Crippen molar-refractivity contribution in [1.29, 1.82) is 0 Å². The summed E-state index contributed by atoms with van der Waals surface area (Å²) in [6.07, 6.45) is 0.725. The lowest BCUT2D eigenvalue weighted by Gasteiger charge is -2.13. The highest BCUT2D eigenvalue weighted by molar-refractivity contribution is 7.71. The topological polar surface area (TPSA) is 76.1 Å². The lowest BCUT2D eigenvalue weighted by molar-refractivity contribution is 0.0635. The van der Waals surface area contributed by atoms with Crippen LogP contribution < -0.4 is 10.9 Å². The van der Waals surface area contributed by atoms with Gasteiger partial charge in [0.1, 0.15) is 0 Å². The first kappa shape index (κ1) is 20.0. The lowest BCUT2D eigenvalue weighted by atomic mass is 10.1. The first-order valence-corrected chi connectivity index (χ1v) is 9.56. The summed E-state index contributed by atoms with van der Waals surface area (Å²) < 4.78 is 7.49. The molecule has 2 N–H and O–H groups in total. The van der Waals surface area contributed by atoms with Gasteiger partial charge < -0.3 is 15.0 Å². The minimum absolute atomic E-state index is 0.0168. The van der Waals surface area contributed by atoms with E-state index in [0.29, 0.717) is 40.8 Å². The summed E-state index contributed by atoms with van der Waals surface area (Å²) in [6.45, 7) is 3.07. The molecule has 0 saturated heterocycles. The van der Waals surface area contributed by atoms with Gasteiger partial charge in [-0.3, -0.25) is 14.2 Å². The molecule has 2 aromatic carbocycles. The number of amides is 1. The number of carbonyl (C=O) groups is 1. The van der Waals surface area contributed by atoms with E-state index in [4.69, 9.17) is 17.0 Å². The van der Waals surface area contributed by atoms with Crippen molar-refractivity contribution >= 4 is 29.0 Å². The van der Waals surface area contributed by atoms with Gasteiger partial charge in [-0.25, -0.2) is 0 Å².